The second-order valence-corrected chi connectivity index (χ2v) is 6.45. The SMILES string of the molecule is Nc1cc(C2CCNCC2)c2c(c1)C1(CCC1)C(=O)N2. The van der Waals surface area contributed by atoms with Crippen molar-refractivity contribution < 1.29 is 4.79 Å². The summed E-state index contributed by atoms with van der Waals surface area (Å²) in [4.78, 5) is 12.4. The van der Waals surface area contributed by atoms with Gasteiger partial charge in [0.2, 0.25) is 5.91 Å². The Morgan fingerprint density at radius 3 is 2.60 bits per heavy atom. The molecule has 1 aromatic carbocycles. The van der Waals surface area contributed by atoms with Crippen LogP contribution in [0.1, 0.15) is 49.1 Å². The van der Waals surface area contributed by atoms with E-state index in [-0.39, 0.29) is 11.3 Å². The number of nitrogen functional groups attached to an aromatic ring is 1. The molecule has 106 valence electrons. The number of fused-ring (bicyclic) bond motifs is 2. The first-order valence-corrected chi connectivity index (χ1v) is 7.67. The van der Waals surface area contributed by atoms with Crippen LogP contribution in [0.15, 0.2) is 12.1 Å². The number of benzene rings is 1. The molecular formula is C16H21N3O. The van der Waals surface area contributed by atoms with E-state index in [1.165, 1.54) is 11.1 Å². The van der Waals surface area contributed by atoms with Gasteiger partial charge in [-0.2, -0.15) is 0 Å². The Bertz CT molecular complexity index is 571. The molecule has 20 heavy (non-hydrogen) atoms. The average Bonchev–Trinajstić information content (AvgIpc) is 2.70. The molecule has 0 radical (unpaired) electrons. The van der Waals surface area contributed by atoms with E-state index in [2.05, 4.69) is 16.7 Å². The number of carbonyl (C=O) groups excluding carboxylic acids is 1. The summed E-state index contributed by atoms with van der Waals surface area (Å²) in [6.45, 7) is 2.10. The Morgan fingerprint density at radius 1 is 1.20 bits per heavy atom. The Hall–Kier alpha value is -1.55. The number of nitrogens with two attached hydrogens (primary N) is 1. The lowest BCUT2D eigenvalue weighted by atomic mass is 9.65. The van der Waals surface area contributed by atoms with Crippen molar-refractivity contribution in [2.75, 3.05) is 24.1 Å². The second-order valence-electron chi connectivity index (χ2n) is 6.45. The highest BCUT2D eigenvalue weighted by atomic mass is 16.2. The lowest BCUT2D eigenvalue weighted by Gasteiger charge is -2.36. The third-order valence-corrected chi connectivity index (χ3v) is 5.37. The first-order chi connectivity index (χ1) is 9.71. The summed E-state index contributed by atoms with van der Waals surface area (Å²) in [5, 5.41) is 6.56. The van der Waals surface area contributed by atoms with Gasteiger partial charge in [-0.25, -0.2) is 0 Å². The predicted molar refractivity (Wildman–Crippen MR) is 79.9 cm³/mol. The Kier molecular flexibility index (Phi) is 2.58. The lowest BCUT2D eigenvalue weighted by Crippen LogP contribution is -2.40. The van der Waals surface area contributed by atoms with Gasteiger partial charge in [0.05, 0.1) is 5.41 Å². The van der Waals surface area contributed by atoms with Crippen molar-refractivity contribution in [3.63, 3.8) is 0 Å². The van der Waals surface area contributed by atoms with Crippen molar-refractivity contribution in [1.82, 2.24) is 5.32 Å². The Labute approximate surface area is 119 Å². The van der Waals surface area contributed by atoms with Crippen LogP contribution in [0.3, 0.4) is 0 Å². The van der Waals surface area contributed by atoms with Crippen LogP contribution < -0.4 is 16.4 Å². The molecule has 0 bridgehead atoms. The number of nitrogens with one attached hydrogen (secondary N) is 2. The van der Waals surface area contributed by atoms with Crippen LogP contribution in [0.4, 0.5) is 11.4 Å². The molecule has 3 aliphatic rings. The summed E-state index contributed by atoms with van der Waals surface area (Å²) < 4.78 is 0. The molecule has 1 amide bonds. The fourth-order valence-corrected chi connectivity index (χ4v) is 4.04. The lowest BCUT2D eigenvalue weighted by molar-refractivity contribution is -0.123. The molecule has 1 aromatic rings. The number of hydrogen-bond acceptors (Lipinski definition) is 3. The number of hydrogen-bond donors (Lipinski definition) is 3. The van der Waals surface area contributed by atoms with Crippen LogP contribution >= 0.6 is 0 Å². The topological polar surface area (TPSA) is 67.1 Å². The number of carbonyl (C=O) groups is 1. The summed E-state index contributed by atoms with van der Waals surface area (Å²) in [5.74, 6) is 0.712. The minimum absolute atomic E-state index is 0.194. The van der Waals surface area contributed by atoms with Crippen molar-refractivity contribution in [2.24, 2.45) is 0 Å². The molecule has 4 N–H and O–H groups in total. The molecule has 4 nitrogen and oxygen atoms in total. The van der Waals surface area contributed by atoms with E-state index in [1.54, 1.807) is 0 Å². The predicted octanol–water partition coefficient (Wildman–Crippen LogP) is 2.11. The monoisotopic (exact) mass is 271 g/mol. The van der Waals surface area contributed by atoms with Crippen LogP contribution in [0.25, 0.3) is 0 Å². The van der Waals surface area contributed by atoms with Gasteiger partial charge in [0.15, 0.2) is 0 Å². The molecule has 0 unspecified atom stereocenters. The van der Waals surface area contributed by atoms with Crippen LogP contribution in [0, 0.1) is 0 Å². The fourth-order valence-electron chi connectivity index (χ4n) is 4.04. The molecule has 1 saturated carbocycles. The number of piperidine rings is 1. The van der Waals surface area contributed by atoms with E-state index >= 15 is 0 Å². The average molecular weight is 271 g/mol. The van der Waals surface area contributed by atoms with Crippen molar-refractivity contribution in [2.45, 2.75) is 43.4 Å². The normalized spacial score (nSPS) is 24.3. The summed E-state index contributed by atoms with van der Waals surface area (Å²) in [6, 6.07) is 4.10. The van der Waals surface area contributed by atoms with Gasteiger partial charge in [-0.05, 0) is 68.0 Å². The van der Waals surface area contributed by atoms with E-state index in [4.69, 9.17) is 5.73 Å². The minimum atomic E-state index is -0.258. The fraction of sp³-hybridized carbons (Fsp3) is 0.562. The van der Waals surface area contributed by atoms with Gasteiger partial charge in [0.25, 0.3) is 0 Å². The van der Waals surface area contributed by atoms with Gasteiger partial charge >= 0.3 is 0 Å². The van der Waals surface area contributed by atoms with Gasteiger partial charge < -0.3 is 16.4 Å². The smallest absolute Gasteiger partial charge is 0.235 e. The molecule has 1 saturated heterocycles. The van der Waals surface area contributed by atoms with Crippen molar-refractivity contribution in [3.05, 3.63) is 23.3 Å². The zero-order valence-electron chi connectivity index (χ0n) is 11.7. The second kappa shape index (κ2) is 4.22. The van der Waals surface area contributed by atoms with Crippen molar-refractivity contribution in [1.29, 1.82) is 0 Å². The highest BCUT2D eigenvalue weighted by Gasteiger charge is 2.51. The number of anilines is 2. The van der Waals surface area contributed by atoms with E-state index < -0.39 is 0 Å². The quantitative estimate of drug-likeness (QED) is 0.685. The highest BCUT2D eigenvalue weighted by Crippen LogP contribution is 2.53. The van der Waals surface area contributed by atoms with Crippen molar-refractivity contribution in [3.8, 4) is 0 Å². The van der Waals surface area contributed by atoms with Crippen LogP contribution in [-0.2, 0) is 10.2 Å². The molecule has 4 rings (SSSR count). The molecule has 2 aliphatic heterocycles. The maximum absolute atomic E-state index is 12.4. The zero-order chi connectivity index (χ0) is 13.7. The minimum Gasteiger partial charge on any atom is -0.399 e. The Balaban J connectivity index is 1.82. The van der Waals surface area contributed by atoms with Gasteiger partial charge in [-0.3, -0.25) is 4.79 Å². The van der Waals surface area contributed by atoms with E-state index in [0.29, 0.717) is 5.92 Å². The highest BCUT2D eigenvalue weighted by molar-refractivity contribution is 6.08. The van der Waals surface area contributed by atoms with Crippen LogP contribution in [-0.4, -0.2) is 19.0 Å². The van der Waals surface area contributed by atoms with E-state index in [0.717, 1.165) is 56.6 Å². The molecule has 0 aromatic heterocycles. The van der Waals surface area contributed by atoms with Gasteiger partial charge in [-0.1, -0.05) is 6.42 Å². The molecule has 0 atom stereocenters. The maximum Gasteiger partial charge on any atom is 0.235 e. The summed E-state index contributed by atoms with van der Waals surface area (Å²) in [6.07, 6.45) is 5.34. The summed E-state index contributed by atoms with van der Waals surface area (Å²) in [7, 11) is 0. The number of amides is 1. The third kappa shape index (κ3) is 1.54. The third-order valence-electron chi connectivity index (χ3n) is 5.37. The maximum atomic E-state index is 12.4. The number of rotatable bonds is 1. The van der Waals surface area contributed by atoms with Crippen LogP contribution in [0.2, 0.25) is 0 Å². The van der Waals surface area contributed by atoms with Gasteiger partial charge in [-0.15, -0.1) is 0 Å². The molecule has 4 heteroatoms. The molecule has 1 spiro atoms. The molecule has 2 fully saturated rings. The molecule has 1 aliphatic carbocycles. The van der Waals surface area contributed by atoms with E-state index in [9.17, 15) is 4.79 Å². The van der Waals surface area contributed by atoms with Crippen molar-refractivity contribution >= 4 is 17.3 Å². The van der Waals surface area contributed by atoms with Gasteiger partial charge in [0.1, 0.15) is 0 Å². The molecule has 2 heterocycles. The Morgan fingerprint density at radius 2 is 1.95 bits per heavy atom. The summed E-state index contributed by atoms with van der Waals surface area (Å²) >= 11 is 0. The zero-order valence-corrected chi connectivity index (χ0v) is 11.7. The largest absolute Gasteiger partial charge is 0.399 e. The summed E-state index contributed by atoms with van der Waals surface area (Å²) in [5.41, 5.74) is 10.2. The van der Waals surface area contributed by atoms with E-state index in [1.807, 2.05) is 6.07 Å². The standard InChI is InChI=1S/C16H21N3O/c17-11-8-12(10-2-6-18-7-3-10)14-13(9-11)16(4-1-5-16)15(20)19-14/h8-10,18H,1-7,17H2,(H,19,20). The van der Waals surface area contributed by atoms with Gasteiger partial charge in [0, 0.05) is 11.4 Å². The first-order valence-electron chi connectivity index (χ1n) is 7.67. The first kappa shape index (κ1) is 12.2. The molecular weight excluding hydrogens is 250 g/mol. The van der Waals surface area contributed by atoms with Crippen LogP contribution in [0.5, 0.6) is 0 Å².